The zero-order chi connectivity index (χ0) is 17.6. The van der Waals surface area contributed by atoms with Crippen molar-refractivity contribution in [3.05, 3.63) is 76.7 Å². The Kier molecular flexibility index (Phi) is 5.30. The molecular weight excluding hydrogens is 336 g/mol. The Morgan fingerprint density at radius 2 is 2.08 bits per heavy atom. The molecule has 3 rings (SSSR count). The number of hydrogen-bond acceptors (Lipinski definition) is 6. The number of aliphatic hydroxyl groups is 1. The normalized spacial score (nSPS) is 17.3. The zero-order valence-electron chi connectivity index (χ0n) is 13.5. The first-order valence-electron chi connectivity index (χ1n) is 7.73. The maximum atomic E-state index is 12.3. The standard InChI is InChI=1S/C19H16N2O3S/c1-2-24-19(23)16-17(22)15(11-13-7-6-10-20-12-13)25-18(16)21-14-8-4-3-5-9-14/h3-12,22H,2H2,1H3/b15-11+,21-18?. The molecule has 0 aliphatic carbocycles. The molecule has 0 unspecified atom stereocenters. The van der Waals surface area contributed by atoms with E-state index in [1.165, 1.54) is 11.8 Å². The zero-order valence-corrected chi connectivity index (χ0v) is 14.4. The lowest BCUT2D eigenvalue weighted by Crippen LogP contribution is -2.12. The number of hydrogen-bond donors (Lipinski definition) is 1. The fourth-order valence-electron chi connectivity index (χ4n) is 2.22. The van der Waals surface area contributed by atoms with Crippen molar-refractivity contribution >= 4 is 34.5 Å². The van der Waals surface area contributed by atoms with Crippen LogP contribution in [0, 0.1) is 0 Å². The third kappa shape index (κ3) is 3.97. The number of benzene rings is 1. The van der Waals surface area contributed by atoms with E-state index < -0.39 is 5.97 Å². The van der Waals surface area contributed by atoms with Crippen molar-refractivity contribution in [1.29, 1.82) is 0 Å². The van der Waals surface area contributed by atoms with Crippen molar-refractivity contribution in [3.8, 4) is 0 Å². The topological polar surface area (TPSA) is 71.8 Å². The summed E-state index contributed by atoms with van der Waals surface area (Å²) in [6, 6.07) is 12.9. The van der Waals surface area contributed by atoms with Crippen LogP contribution in [0.1, 0.15) is 12.5 Å². The number of rotatable bonds is 4. The number of pyridine rings is 1. The lowest BCUT2D eigenvalue weighted by atomic mass is 10.2. The Labute approximate surface area is 149 Å². The summed E-state index contributed by atoms with van der Waals surface area (Å²) in [4.78, 5) is 21.4. The third-order valence-electron chi connectivity index (χ3n) is 3.34. The average Bonchev–Trinajstić information content (AvgIpc) is 2.92. The number of esters is 1. The molecule has 0 radical (unpaired) electrons. The minimum absolute atomic E-state index is 0.0887. The molecule has 0 fully saturated rings. The minimum Gasteiger partial charge on any atom is -0.506 e. The Hall–Kier alpha value is -2.86. The highest BCUT2D eigenvalue weighted by molar-refractivity contribution is 8.18. The van der Waals surface area contributed by atoms with Gasteiger partial charge in [-0.1, -0.05) is 36.0 Å². The molecule has 1 aliphatic heterocycles. The van der Waals surface area contributed by atoms with Crippen LogP contribution in [0.2, 0.25) is 0 Å². The molecule has 0 spiro atoms. The number of ether oxygens (including phenoxy) is 1. The van der Waals surface area contributed by atoms with Gasteiger partial charge in [-0.2, -0.15) is 0 Å². The number of thioether (sulfide) groups is 1. The Morgan fingerprint density at radius 3 is 2.76 bits per heavy atom. The van der Waals surface area contributed by atoms with Crippen LogP contribution in [0.15, 0.2) is 76.1 Å². The van der Waals surface area contributed by atoms with Crippen molar-refractivity contribution in [1.82, 2.24) is 4.98 Å². The summed E-state index contributed by atoms with van der Waals surface area (Å²) in [6.45, 7) is 1.94. The van der Waals surface area contributed by atoms with Crippen LogP contribution in [0.5, 0.6) is 0 Å². The van der Waals surface area contributed by atoms with Gasteiger partial charge in [0.2, 0.25) is 0 Å². The molecule has 2 aromatic rings. The van der Waals surface area contributed by atoms with Crippen molar-refractivity contribution in [2.75, 3.05) is 6.61 Å². The average molecular weight is 352 g/mol. The van der Waals surface area contributed by atoms with Gasteiger partial charge in [-0.15, -0.1) is 0 Å². The van der Waals surface area contributed by atoms with E-state index in [1.807, 2.05) is 36.4 Å². The van der Waals surface area contributed by atoms with Crippen molar-refractivity contribution in [2.45, 2.75) is 6.92 Å². The van der Waals surface area contributed by atoms with E-state index in [-0.39, 0.29) is 17.9 Å². The number of carbonyl (C=O) groups is 1. The van der Waals surface area contributed by atoms with Crippen LogP contribution in [0.4, 0.5) is 5.69 Å². The first-order chi connectivity index (χ1) is 12.2. The fourth-order valence-corrected chi connectivity index (χ4v) is 3.26. The molecule has 0 saturated heterocycles. The second-order valence-electron chi connectivity index (χ2n) is 5.09. The lowest BCUT2D eigenvalue weighted by molar-refractivity contribution is -0.138. The highest BCUT2D eigenvalue weighted by Gasteiger charge is 2.33. The highest BCUT2D eigenvalue weighted by Crippen LogP contribution is 2.40. The summed E-state index contributed by atoms with van der Waals surface area (Å²) in [7, 11) is 0. The quantitative estimate of drug-likeness (QED) is 0.832. The van der Waals surface area contributed by atoms with Crippen molar-refractivity contribution in [3.63, 3.8) is 0 Å². The number of para-hydroxylation sites is 1. The molecular formula is C19H16N2O3S. The maximum Gasteiger partial charge on any atom is 0.344 e. The van der Waals surface area contributed by atoms with Crippen molar-refractivity contribution < 1.29 is 14.6 Å². The number of aromatic nitrogens is 1. The first kappa shape index (κ1) is 17.0. The van der Waals surface area contributed by atoms with Gasteiger partial charge in [0.15, 0.2) is 0 Å². The Balaban J connectivity index is 2.03. The predicted molar refractivity (Wildman–Crippen MR) is 99.6 cm³/mol. The molecule has 126 valence electrons. The van der Waals surface area contributed by atoms with E-state index in [2.05, 4.69) is 9.98 Å². The van der Waals surface area contributed by atoms with E-state index in [4.69, 9.17) is 4.74 Å². The van der Waals surface area contributed by atoms with Gasteiger partial charge in [-0.05, 0) is 36.8 Å². The highest BCUT2D eigenvalue weighted by atomic mass is 32.2. The van der Waals surface area contributed by atoms with Crippen LogP contribution in [-0.4, -0.2) is 27.7 Å². The maximum absolute atomic E-state index is 12.3. The Morgan fingerprint density at radius 1 is 1.28 bits per heavy atom. The van der Waals surface area contributed by atoms with Crippen molar-refractivity contribution in [2.24, 2.45) is 4.99 Å². The van der Waals surface area contributed by atoms with Gasteiger partial charge < -0.3 is 9.84 Å². The third-order valence-corrected chi connectivity index (χ3v) is 4.36. The molecule has 5 nitrogen and oxygen atoms in total. The second-order valence-corrected chi connectivity index (χ2v) is 6.12. The summed E-state index contributed by atoms with van der Waals surface area (Å²) in [6.07, 6.45) is 5.11. The SMILES string of the molecule is CCOC(=O)C1=C(O)/C(=C\c2cccnc2)SC1=Nc1ccccc1. The molecule has 6 heteroatoms. The van der Waals surface area contributed by atoms with E-state index in [1.54, 1.807) is 31.5 Å². The molecule has 1 aromatic carbocycles. The van der Waals surface area contributed by atoms with Gasteiger partial charge >= 0.3 is 5.97 Å². The van der Waals surface area contributed by atoms with Crippen LogP contribution in [-0.2, 0) is 9.53 Å². The number of aliphatic hydroxyl groups excluding tert-OH is 1. The van der Waals surface area contributed by atoms with Gasteiger partial charge in [0.1, 0.15) is 16.4 Å². The summed E-state index contributed by atoms with van der Waals surface area (Å²) in [5.74, 6) is -0.709. The largest absolute Gasteiger partial charge is 0.506 e. The Bertz CT molecular complexity index is 859. The molecule has 0 atom stereocenters. The molecule has 25 heavy (non-hydrogen) atoms. The summed E-state index contributed by atoms with van der Waals surface area (Å²) in [5.41, 5.74) is 1.61. The predicted octanol–water partition coefficient (Wildman–Crippen LogP) is 4.27. The molecule has 2 heterocycles. The van der Waals surface area contributed by atoms with E-state index in [9.17, 15) is 9.90 Å². The van der Waals surface area contributed by atoms with Crippen LogP contribution >= 0.6 is 11.8 Å². The molecule has 1 aromatic heterocycles. The smallest absolute Gasteiger partial charge is 0.344 e. The van der Waals surface area contributed by atoms with Crippen LogP contribution in [0.25, 0.3) is 6.08 Å². The summed E-state index contributed by atoms with van der Waals surface area (Å²) >= 11 is 1.23. The molecule has 0 saturated carbocycles. The number of nitrogens with zero attached hydrogens (tertiary/aromatic N) is 2. The number of aliphatic imine (C=N–C) groups is 1. The van der Waals surface area contributed by atoms with E-state index >= 15 is 0 Å². The van der Waals surface area contributed by atoms with E-state index in [0.717, 1.165) is 5.56 Å². The molecule has 0 amide bonds. The van der Waals surface area contributed by atoms with Crippen LogP contribution in [0.3, 0.4) is 0 Å². The first-order valence-corrected chi connectivity index (χ1v) is 8.55. The van der Waals surface area contributed by atoms with Gasteiger partial charge in [-0.25, -0.2) is 9.79 Å². The monoisotopic (exact) mass is 352 g/mol. The summed E-state index contributed by atoms with van der Waals surface area (Å²) in [5, 5.41) is 11.0. The lowest BCUT2D eigenvalue weighted by Gasteiger charge is -2.03. The molecule has 1 N–H and O–H groups in total. The van der Waals surface area contributed by atoms with Gasteiger partial charge in [0.25, 0.3) is 0 Å². The summed E-state index contributed by atoms with van der Waals surface area (Å²) < 4.78 is 5.07. The minimum atomic E-state index is -0.586. The molecule has 1 aliphatic rings. The van der Waals surface area contributed by atoms with Gasteiger partial charge in [0.05, 0.1) is 17.2 Å². The second kappa shape index (κ2) is 7.81. The molecule has 0 bridgehead atoms. The van der Waals surface area contributed by atoms with Gasteiger partial charge in [0, 0.05) is 12.4 Å². The number of carbonyl (C=O) groups excluding carboxylic acids is 1. The van der Waals surface area contributed by atoms with Crippen LogP contribution < -0.4 is 0 Å². The van der Waals surface area contributed by atoms with Gasteiger partial charge in [-0.3, -0.25) is 4.98 Å². The van der Waals surface area contributed by atoms with E-state index in [0.29, 0.717) is 15.6 Å². The fraction of sp³-hybridized carbons (Fsp3) is 0.105.